The zero-order chi connectivity index (χ0) is 13.2. The second-order valence-electron chi connectivity index (χ2n) is 5.97. The van der Waals surface area contributed by atoms with Gasteiger partial charge in [0.2, 0.25) is 0 Å². The first-order chi connectivity index (χ1) is 8.58. The van der Waals surface area contributed by atoms with Crippen molar-refractivity contribution in [1.29, 1.82) is 0 Å². The first-order valence-electron chi connectivity index (χ1n) is 7.27. The van der Waals surface area contributed by atoms with Gasteiger partial charge in [0.05, 0.1) is 6.42 Å². The minimum absolute atomic E-state index is 0.115. The summed E-state index contributed by atoms with van der Waals surface area (Å²) < 4.78 is 0. The average molecular weight is 254 g/mol. The maximum Gasteiger partial charge on any atom is 0.303 e. The number of hydrogen-bond donors (Lipinski definition) is 1. The molecule has 1 saturated carbocycles. The topological polar surface area (TPSA) is 43.8 Å². The molecule has 0 bridgehead atoms. The van der Waals surface area contributed by atoms with Gasteiger partial charge in [-0.1, -0.05) is 13.8 Å². The summed E-state index contributed by atoms with van der Waals surface area (Å²) in [5.74, 6) is -0.632. The van der Waals surface area contributed by atoms with Gasteiger partial charge in [0.15, 0.2) is 0 Å². The molecule has 2 rings (SSSR count). The van der Waals surface area contributed by atoms with E-state index in [-0.39, 0.29) is 5.41 Å². The smallest absolute Gasteiger partial charge is 0.303 e. The van der Waals surface area contributed by atoms with Crippen molar-refractivity contribution < 1.29 is 9.90 Å². The molecule has 1 saturated heterocycles. The molecule has 0 amide bonds. The number of likely N-dealkylation sites (tertiary alicyclic amines) is 1. The highest BCUT2D eigenvalue weighted by Gasteiger charge is 2.46. The summed E-state index contributed by atoms with van der Waals surface area (Å²) in [7, 11) is 0. The molecule has 1 N–H and O–H groups in total. The van der Waals surface area contributed by atoms with Gasteiger partial charge in [0.1, 0.15) is 0 Å². The molecule has 104 valence electrons. The summed E-state index contributed by atoms with van der Waals surface area (Å²) in [6, 6.07) is 0.681. The molecule has 1 aliphatic heterocycles. The van der Waals surface area contributed by atoms with Crippen LogP contribution in [0.1, 0.15) is 39.5 Å². The molecular formula is C14H26N2O2. The van der Waals surface area contributed by atoms with Gasteiger partial charge in [-0.15, -0.1) is 0 Å². The van der Waals surface area contributed by atoms with Gasteiger partial charge < -0.3 is 10.0 Å². The second-order valence-corrected chi connectivity index (χ2v) is 5.97. The summed E-state index contributed by atoms with van der Waals surface area (Å²) in [5, 5.41) is 8.95. The molecular weight excluding hydrogens is 228 g/mol. The van der Waals surface area contributed by atoms with Gasteiger partial charge in [-0.05, 0) is 44.3 Å². The monoisotopic (exact) mass is 254 g/mol. The van der Waals surface area contributed by atoms with Crippen LogP contribution in [-0.4, -0.2) is 59.6 Å². The number of carboxylic acids is 1. The lowest BCUT2D eigenvalue weighted by Gasteiger charge is -2.27. The molecule has 1 aliphatic carbocycles. The Morgan fingerprint density at radius 1 is 1.39 bits per heavy atom. The molecule has 1 atom stereocenters. The van der Waals surface area contributed by atoms with Gasteiger partial charge in [-0.25, -0.2) is 0 Å². The fraction of sp³-hybridized carbons (Fsp3) is 0.929. The number of likely N-dealkylation sites (N-methyl/N-ethyl adjacent to an activating group) is 1. The van der Waals surface area contributed by atoms with Crippen molar-refractivity contribution in [3.05, 3.63) is 0 Å². The zero-order valence-electron chi connectivity index (χ0n) is 11.7. The Kier molecular flexibility index (Phi) is 4.28. The minimum atomic E-state index is -0.632. The fourth-order valence-electron chi connectivity index (χ4n) is 3.36. The Morgan fingerprint density at radius 2 is 2.06 bits per heavy atom. The van der Waals surface area contributed by atoms with E-state index < -0.39 is 5.97 Å². The summed E-state index contributed by atoms with van der Waals surface area (Å²) in [6.07, 6.45) is 3.81. The Hall–Kier alpha value is -0.610. The van der Waals surface area contributed by atoms with Crippen LogP contribution in [0.4, 0.5) is 0 Å². The van der Waals surface area contributed by atoms with Crippen LogP contribution in [0.15, 0.2) is 0 Å². The lowest BCUT2D eigenvalue weighted by Crippen LogP contribution is -2.38. The van der Waals surface area contributed by atoms with E-state index in [1.807, 2.05) is 0 Å². The van der Waals surface area contributed by atoms with E-state index in [9.17, 15) is 4.79 Å². The first-order valence-corrected chi connectivity index (χ1v) is 7.27. The lowest BCUT2D eigenvalue weighted by atomic mass is 10.0. The highest BCUT2D eigenvalue weighted by atomic mass is 16.4. The fourth-order valence-corrected chi connectivity index (χ4v) is 3.36. The number of rotatable bonds is 7. The van der Waals surface area contributed by atoms with Crippen molar-refractivity contribution in [2.45, 2.75) is 45.6 Å². The van der Waals surface area contributed by atoms with Crippen LogP contribution < -0.4 is 0 Å². The largest absolute Gasteiger partial charge is 0.481 e. The molecule has 2 aliphatic rings. The van der Waals surface area contributed by atoms with Gasteiger partial charge in [-0.3, -0.25) is 9.69 Å². The maximum absolute atomic E-state index is 10.9. The molecule has 0 aromatic rings. The predicted molar refractivity (Wildman–Crippen MR) is 71.7 cm³/mol. The third-order valence-corrected chi connectivity index (χ3v) is 4.62. The van der Waals surface area contributed by atoms with E-state index in [1.54, 1.807) is 0 Å². The highest BCUT2D eigenvalue weighted by Crippen LogP contribution is 2.49. The Balaban J connectivity index is 1.81. The summed E-state index contributed by atoms with van der Waals surface area (Å²) >= 11 is 0. The number of carbonyl (C=O) groups is 1. The summed E-state index contributed by atoms with van der Waals surface area (Å²) in [5.41, 5.74) is 0.115. The van der Waals surface area contributed by atoms with Crippen molar-refractivity contribution >= 4 is 5.97 Å². The summed E-state index contributed by atoms with van der Waals surface area (Å²) in [6.45, 7) is 9.95. The van der Waals surface area contributed by atoms with Crippen LogP contribution in [0.2, 0.25) is 0 Å². The third kappa shape index (κ3) is 3.23. The maximum atomic E-state index is 10.9. The molecule has 0 radical (unpaired) electrons. The molecule has 0 spiro atoms. The molecule has 1 unspecified atom stereocenters. The van der Waals surface area contributed by atoms with Gasteiger partial charge in [0, 0.05) is 19.1 Å². The van der Waals surface area contributed by atoms with Crippen molar-refractivity contribution in [3.63, 3.8) is 0 Å². The van der Waals surface area contributed by atoms with Crippen LogP contribution in [0.5, 0.6) is 0 Å². The van der Waals surface area contributed by atoms with Gasteiger partial charge in [0.25, 0.3) is 0 Å². The Labute approximate surface area is 110 Å². The minimum Gasteiger partial charge on any atom is -0.481 e. The highest BCUT2D eigenvalue weighted by molar-refractivity contribution is 5.68. The number of nitrogens with zero attached hydrogens (tertiary/aromatic N) is 2. The summed E-state index contributed by atoms with van der Waals surface area (Å²) in [4.78, 5) is 15.9. The molecule has 2 fully saturated rings. The van der Waals surface area contributed by atoms with E-state index in [0.29, 0.717) is 12.5 Å². The standard InChI is InChI=1S/C14H26N2O2/c1-3-16(4-2)12-5-8-15(10-12)11-14(6-7-14)9-13(17)18/h12H,3-11H2,1-2H3,(H,17,18). The quantitative estimate of drug-likeness (QED) is 0.750. The molecule has 4 nitrogen and oxygen atoms in total. The molecule has 0 aromatic carbocycles. The predicted octanol–water partition coefficient (Wildman–Crippen LogP) is 1.66. The van der Waals surface area contributed by atoms with Crippen LogP contribution in [0.3, 0.4) is 0 Å². The van der Waals surface area contributed by atoms with E-state index in [1.165, 1.54) is 6.42 Å². The zero-order valence-corrected chi connectivity index (χ0v) is 11.7. The Bertz CT molecular complexity index is 298. The van der Waals surface area contributed by atoms with Crippen LogP contribution >= 0.6 is 0 Å². The molecule has 0 aromatic heterocycles. The second kappa shape index (κ2) is 5.57. The van der Waals surface area contributed by atoms with Crippen molar-refractivity contribution in [2.24, 2.45) is 5.41 Å². The van der Waals surface area contributed by atoms with Crippen molar-refractivity contribution in [1.82, 2.24) is 9.80 Å². The average Bonchev–Trinajstić information content (AvgIpc) is 2.88. The van der Waals surface area contributed by atoms with Gasteiger partial charge in [-0.2, -0.15) is 0 Å². The van der Waals surface area contributed by atoms with Gasteiger partial charge >= 0.3 is 5.97 Å². The van der Waals surface area contributed by atoms with Crippen LogP contribution in [0.25, 0.3) is 0 Å². The van der Waals surface area contributed by atoms with Crippen molar-refractivity contribution in [2.75, 3.05) is 32.7 Å². The molecule has 18 heavy (non-hydrogen) atoms. The SMILES string of the molecule is CCN(CC)C1CCN(CC2(CC(=O)O)CC2)C1. The lowest BCUT2D eigenvalue weighted by molar-refractivity contribution is -0.138. The van der Waals surface area contributed by atoms with E-state index >= 15 is 0 Å². The molecule has 4 heteroatoms. The number of carboxylic acid groups (broad SMARTS) is 1. The molecule has 1 heterocycles. The first kappa shape index (κ1) is 13.8. The third-order valence-electron chi connectivity index (χ3n) is 4.62. The Morgan fingerprint density at radius 3 is 2.56 bits per heavy atom. The van der Waals surface area contributed by atoms with Crippen LogP contribution in [-0.2, 0) is 4.79 Å². The number of aliphatic carboxylic acids is 1. The van der Waals surface area contributed by atoms with Crippen LogP contribution in [0, 0.1) is 5.41 Å². The van der Waals surface area contributed by atoms with E-state index in [2.05, 4.69) is 23.6 Å². The normalized spacial score (nSPS) is 26.7. The number of hydrogen-bond acceptors (Lipinski definition) is 3. The van der Waals surface area contributed by atoms with E-state index in [0.717, 1.165) is 45.6 Å². The van der Waals surface area contributed by atoms with Crippen molar-refractivity contribution in [3.8, 4) is 0 Å². The van der Waals surface area contributed by atoms with E-state index in [4.69, 9.17) is 5.11 Å².